The summed E-state index contributed by atoms with van der Waals surface area (Å²) in [5, 5.41) is 9.97. The second kappa shape index (κ2) is 6.78. The van der Waals surface area contributed by atoms with Crippen molar-refractivity contribution in [1.82, 2.24) is 0 Å². The predicted molar refractivity (Wildman–Crippen MR) is 117 cm³/mol. The number of ketones is 2. The number of nitriles is 1. The van der Waals surface area contributed by atoms with Gasteiger partial charge in [-0.1, -0.05) is 58.4 Å². The molecule has 0 bridgehead atoms. The topological polar surface area (TPSA) is 83.9 Å². The van der Waals surface area contributed by atoms with Crippen molar-refractivity contribution >= 4 is 27.5 Å². The molecule has 0 radical (unpaired) electrons. The number of benzene rings is 2. The van der Waals surface area contributed by atoms with E-state index in [0.29, 0.717) is 16.7 Å². The van der Waals surface area contributed by atoms with Gasteiger partial charge in [-0.2, -0.15) is 5.26 Å². The molecule has 3 aliphatic carbocycles. The molecular formula is C25H19BrN2O2. The summed E-state index contributed by atoms with van der Waals surface area (Å²) in [6, 6.07) is 16.9. The molecule has 5 heteroatoms. The number of Topliss-reactive ketones (excluding diaryl/α,β-unsaturated/α-hetero) is 2. The van der Waals surface area contributed by atoms with Gasteiger partial charge >= 0.3 is 0 Å². The van der Waals surface area contributed by atoms with E-state index in [1.54, 1.807) is 24.3 Å². The highest BCUT2D eigenvalue weighted by Crippen LogP contribution is 2.60. The summed E-state index contributed by atoms with van der Waals surface area (Å²) in [6.07, 6.45) is 4.69. The highest BCUT2D eigenvalue weighted by molar-refractivity contribution is 9.10. The number of fused-ring (bicyclic) bond motifs is 2. The molecule has 0 unspecified atom stereocenters. The highest BCUT2D eigenvalue weighted by atomic mass is 79.9. The van der Waals surface area contributed by atoms with Crippen LogP contribution in [0.15, 0.2) is 75.9 Å². The Bertz CT molecular complexity index is 1170. The van der Waals surface area contributed by atoms with Gasteiger partial charge < -0.3 is 5.73 Å². The van der Waals surface area contributed by atoms with Crippen LogP contribution in [0.1, 0.15) is 51.5 Å². The minimum atomic E-state index is -1.57. The fourth-order valence-electron chi connectivity index (χ4n) is 5.57. The fraction of sp³-hybridized carbons (Fsp3) is 0.240. The summed E-state index contributed by atoms with van der Waals surface area (Å²) in [4.78, 5) is 27.8. The monoisotopic (exact) mass is 458 g/mol. The zero-order valence-electron chi connectivity index (χ0n) is 16.2. The number of nitrogens with two attached hydrogens (primary N) is 1. The van der Waals surface area contributed by atoms with Crippen molar-refractivity contribution in [2.75, 3.05) is 0 Å². The van der Waals surface area contributed by atoms with Crippen LogP contribution >= 0.6 is 15.9 Å². The molecule has 0 amide bonds. The van der Waals surface area contributed by atoms with Gasteiger partial charge in [0, 0.05) is 27.2 Å². The second-order valence-electron chi connectivity index (χ2n) is 8.14. The van der Waals surface area contributed by atoms with Crippen LogP contribution in [0.2, 0.25) is 0 Å². The van der Waals surface area contributed by atoms with E-state index in [1.165, 1.54) is 0 Å². The van der Waals surface area contributed by atoms with E-state index in [2.05, 4.69) is 28.1 Å². The molecule has 3 aliphatic rings. The fourth-order valence-corrected chi connectivity index (χ4v) is 5.83. The molecule has 2 N–H and O–H groups in total. The molecule has 1 spiro atoms. The molecule has 0 fully saturated rings. The SMILES string of the molecule is N#CC1=C(N)C2(C(=O)c3ccccc3C2=O)[C@@H](c2ccc(Br)cc2)[C@@H]2CCCC=C12. The van der Waals surface area contributed by atoms with Crippen LogP contribution in [0.25, 0.3) is 0 Å². The highest BCUT2D eigenvalue weighted by Gasteiger charge is 2.64. The van der Waals surface area contributed by atoms with Gasteiger partial charge in [0.05, 0.1) is 5.57 Å². The molecule has 0 saturated carbocycles. The number of carbonyl (C=O) groups excluding carboxylic acids is 2. The maximum absolute atomic E-state index is 13.9. The number of hydrogen-bond acceptors (Lipinski definition) is 4. The molecule has 30 heavy (non-hydrogen) atoms. The standard InChI is InChI=1S/C25H19BrN2O2/c26-15-11-9-14(10-12-15)21-17-6-2-1-5-16(17)20(13-27)22(28)25(21)23(29)18-7-3-4-8-19(18)24(25)30/h3-5,7-12,17,21H,1-2,6,28H2/t17-,21+/m1/s1. The summed E-state index contributed by atoms with van der Waals surface area (Å²) in [7, 11) is 0. The third-order valence-electron chi connectivity index (χ3n) is 6.81. The maximum atomic E-state index is 13.9. The first kappa shape index (κ1) is 19.0. The Morgan fingerprint density at radius 2 is 1.67 bits per heavy atom. The molecule has 0 saturated heterocycles. The van der Waals surface area contributed by atoms with Crippen LogP contribution in [0.5, 0.6) is 0 Å². The van der Waals surface area contributed by atoms with Crippen LogP contribution in [-0.4, -0.2) is 11.6 Å². The first-order valence-electron chi connectivity index (χ1n) is 10.1. The summed E-state index contributed by atoms with van der Waals surface area (Å²) < 4.78 is 0.920. The molecular weight excluding hydrogens is 440 g/mol. The van der Waals surface area contributed by atoms with E-state index in [0.717, 1.165) is 34.9 Å². The van der Waals surface area contributed by atoms with Gasteiger partial charge in [-0.25, -0.2) is 0 Å². The molecule has 0 heterocycles. The lowest BCUT2D eigenvalue weighted by atomic mass is 9.54. The molecule has 5 rings (SSSR count). The Labute approximate surface area is 183 Å². The van der Waals surface area contributed by atoms with E-state index in [1.807, 2.05) is 24.3 Å². The smallest absolute Gasteiger partial charge is 0.184 e. The number of hydrogen-bond donors (Lipinski definition) is 1. The van der Waals surface area contributed by atoms with Crippen molar-refractivity contribution in [2.24, 2.45) is 17.1 Å². The first-order valence-corrected chi connectivity index (χ1v) is 10.9. The lowest BCUT2D eigenvalue weighted by Crippen LogP contribution is -2.51. The van der Waals surface area contributed by atoms with Gasteiger partial charge in [0.25, 0.3) is 0 Å². The van der Waals surface area contributed by atoms with Crippen LogP contribution in [0.4, 0.5) is 0 Å². The first-order chi connectivity index (χ1) is 14.5. The Hall–Kier alpha value is -2.97. The molecule has 0 aromatic heterocycles. The van der Waals surface area contributed by atoms with Gasteiger partial charge in [0.15, 0.2) is 11.6 Å². The quantitative estimate of drug-likeness (QED) is 0.604. The maximum Gasteiger partial charge on any atom is 0.184 e. The van der Waals surface area contributed by atoms with E-state index in [4.69, 9.17) is 5.73 Å². The largest absolute Gasteiger partial charge is 0.400 e. The number of rotatable bonds is 1. The lowest BCUT2D eigenvalue weighted by molar-refractivity contribution is 0.0659. The van der Waals surface area contributed by atoms with Crippen molar-refractivity contribution in [3.8, 4) is 6.07 Å². The molecule has 4 nitrogen and oxygen atoms in total. The zero-order valence-corrected chi connectivity index (χ0v) is 17.8. The number of carbonyl (C=O) groups is 2. The average Bonchev–Trinajstić information content (AvgIpc) is 2.99. The summed E-state index contributed by atoms with van der Waals surface area (Å²) >= 11 is 3.47. The zero-order chi connectivity index (χ0) is 21.0. The lowest BCUT2D eigenvalue weighted by Gasteiger charge is -2.46. The van der Waals surface area contributed by atoms with Crippen molar-refractivity contribution < 1.29 is 9.59 Å². The molecule has 2 aromatic carbocycles. The third kappa shape index (κ3) is 2.31. The summed E-state index contributed by atoms with van der Waals surface area (Å²) in [5.74, 6) is -1.12. The van der Waals surface area contributed by atoms with Crippen molar-refractivity contribution in [1.29, 1.82) is 5.26 Å². The Morgan fingerprint density at radius 3 is 2.27 bits per heavy atom. The normalized spacial score (nSPS) is 24.3. The number of nitrogens with zero attached hydrogens (tertiary/aromatic N) is 1. The van der Waals surface area contributed by atoms with Gasteiger partial charge in [0.2, 0.25) is 0 Å². The van der Waals surface area contributed by atoms with Crippen LogP contribution in [0.3, 0.4) is 0 Å². The van der Waals surface area contributed by atoms with Gasteiger partial charge in [0.1, 0.15) is 11.5 Å². The van der Waals surface area contributed by atoms with Crippen LogP contribution in [-0.2, 0) is 0 Å². The molecule has 0 aliphatic heterocycles. The summed E-state index contributed by atoms with van der Waals surface area (Å²) in [6.45, 7) is 0. The summed E-state index contributed by atoms with van der Waals surface area (Å²) in [5.41, 5.74) is 8.04. The molecule has 2 aromatic rings. The Morgan fingerprint density at radius 1 is 1.03 bits per heavy atom. The third-order valence-corrected chi connectivity index (χ3v) is 7.34. The van der Waals surface area contributed by atoms with Crippen molar-refractivity contribution in [3.05, 3.63) is 92.6 Å². The van der Waals surface area contributed by atoms with Gasteiger partial charge in [-0.3, -0.25) is 9.59 Å². The average molecular weight is 459 g/mol. The number of allylic oxidation sites excluding steroid dienone is 4. The van der Waals surface area contributed by atoms with E-state index < -0.39 is 11.3 Å². The molecule has 2 atom stereocenters. The van der Waals surface area contributed by atoms with E-state index >= 15 is 0 Å². The Kier molecular flexibility index (Phi) is 4.30. The van der Waals surface area contributed by atoms with Crippen molar-refractivity contribution in [2.45, 2.75) is 25.2 Å². The van der Waals surface area contributed by atoms with Crippen molar-refractivity contribution in [3.63, 3.8) is 0 Å². The van der Waals surface area contributed by atoms with Crippen LogP contribution in [0, 0.1) is 22.7 Å². The van der Waals surface area contributed by atoms with Gasteiger partial charge in [-0.05, 0) is 48.4 Å². The number of halogens is 1. The van der Waals surface area contributed by atoms with E-state index in [-0.39, 0.29) is 23.2 Å². The van der Waals surface area contributed by atoms with Crippen LogP contribution < -0.4 is 5.73 Å². The predicted octanol–water partition coefficient (Wildman–Crippen LogP) is 5.07. The minimum absolute atomic E-state index is 0.105. The molecule has 148 valence electrons. The second-order valence-corrected chi connectivity index (χ2v) is 9.05. The van der Waals surface area contributed by atoms with E-state index in [9.17, 15) is 14.9 Å². The minimum Gasteiger partial charge on any atom is -0.400 e. The van der Waals surface area contributed by atoms with Gasteiger partial charge in [-0.15, -0.1) is 0 Å². The Balaban J connectivity index is 1.87.